The van der Waals surface area contributed by atoms with Crippen molar-refractivity contribution in [3.05, 3.63) is 29.8 Å². The first-order chi connectivity index (χ1) is 7.29. The summed E-state index contributed by atoms with van der Waals surface area (Å²) in [6.45, 7) is 1.55. The van der Waals surface area contributed by atoms with Gasteiger partial charge in [-0.25, -0.2) is 5.14 Å². The van der Waals surface area contributed by atoms with Crippen LogP contribution in [0.2, 0.25) is 0 Å². The van der Waals surface area contributed by atoms with Crippen LogP contribution < -0.4 is 9.86 Å². The molecule has 6 nitrogen and oxygen atoms in total. The molecular weight excluding hydrogens is 232 g/mol. The van der Waals surface area contributed by atoms with Crippen LogP contribution in [0.25, 0.3) is 0 Å². The largest absolute Gasteiger partial charge is 0.481 e. The number of nitrogens with two attached hydrogens (primary N) is 1. The first kappa shape index (κ1) is 12.5. The Balaban J connectivity index is 2.87. The van der Waals surface area contributed by atoms with Gasteiger partial charge in [0.2, 0.25) is 0 Å². The maximum atomic E-state index is 10.7. The number of aliphatic carboxylic acids is 1. The molecule has 0 spiro atoms. The fourth-order valence-electron chi connectivity index (χ4n) is 1.15. The van der Waals surface area contributed by atoms with E-state index in [2.05, 4.69) is 4.72 Å². The average molecular weight is 244 g/mol. The lowest BCUT2D eigenvalue weighted by Gasteiger charge is -2.08. The van der Waals surface area contributed by atoms with Gasteiger partial charge in [0.15, 0.2) is 0 Å². The number of hydrogen-bond acceptors (Lipinski definition) is 3. The number of benzene rings is 1. The summed E-state index contributed by atoms with van der Waals surface area (Å²) in [5.74, 6) is -1.57. The molecule has 0 unspecified atom stereocenters. The maximum absolute atomic E-state index is 10.7. The molecule has 0 fully saturated rings. The molecule has 0 aromatic heterocycles. The van der Waals surface area contributed by atoms with E-state index < -0.39 is 22.1 Å². The summed E-state index contributed by atoms with van der Waals surface area (Å²) in [6.07, 6.45) is 0. The Hall–Kier alpha value is -1.60. The fourth-order valence-corrected chi connectivity index (χ4v) is 1.61. The molecule has 1 aromatic rings. The fraction of sp³-hybridized carbons (Fsp3) is 0.222. The third-order valence-electron chi connectivity index (χ3n) is 2.04. The van der Waals surface area contributed by atoms with Gasteiger partial charge in [-0.2, -0.15) is 8.42 Å². The molecule has 0 aliphatic rings. The van der Waals surface area contributed by atoms with E-state index >= 15 is 0 Å². The number of rotatable bonds is 4. The molecule has 0 radical (unpaired) electrons. The van der Waals surface area contributed by atoms with Crippen LogP contribution in [0.5, 0.6) is 0 Å². The number of anilines is 1. The molecule has 0 aliphatic carbocycles. The maximum Gasteiger partial charge on any atom is 0.310 e. The lowest BCUT2D eigenvalue weighted by atomic mass is 10.0. The lowest BCUT2D eigenvalue weighted by Crippen LogP contribution is -2.21. The molecule has 1 atom stereocenters. The summed E-state index contributed by atoms with van der Waals surface area (Å²) in [5.41, 5.74) is 0.885. The summed E-state index contributed by atoms with van der Waals surface area (Å²) in [4.78, 5) is 10.7. The highest BCUT2D eigenvalue weighted by molar-refractivity contribution is 7.90. The van der Waals surface area contributed by atoms with Gasteiger partial charge in [-0.3, -0.25) is 9.52 Å². The van der Waals surface area contributed by atoms with Gasteiger partial charge in [0, 0.05) is 5.69 Å². The molecular formula is C9H12N2O4S. The standard InChI is InChI=1S/C9H12N2O4S/c1-6(9(12)13)7-2-4-8(5-3-7)11-16(10,14)15/h2-6,11H,1H3,(H,12,13)(H2,10,14,15)/t6-/m0/s1. The van der Waals surface area contributed by atoms with Crippen LogP contribution in [0.3, 0.4) is 0 Å². The molecule has 0 bridgehead atoms. The van der Waals surface area contributed by atoms with Crippen LogP contribution in [0.4, 0.5) is 5.69 Å². The summed E-state index contributed by atoms with van der Waals surface area (Å²) in [6, 6.07) is 5.98. The van der Waals surface area contributed by atoms with E-state index in [4.69, 9.17) is 10.2 Å². The van der Waals surface area contributed by atoms with Gasteiger partial charge in [-0.1, -0.05) is 12.1 Å². The zero-order valence-electron chi connectivity index (χ0n) is 8.54. The highest BCUT2D eigenvalue weighted by atomic mass is 32.2. The van der Waals surface area contributed by atoms with Crippen LogP contribution in [-0.4, -0.2) is 19.5 Å². The highest BCUT2D eigenvalue weighted by Gasteiger charge is 2.13. The Bertz CT molecular complexity index is 481. The Morgan fingerprint density at radius 3 is 2.25 bits per heavy atom. The van der Waals surface area contributed by atoms with Gasteiger partial charge in [0.05, 0.1) is 5.92 Å². The molecule has 88 valence electrons. The van der Waals surface area contributed by atoms with E-state index in [1.807, 2.05) is 0 Å². The van der Waals surface area contributed by atoms with Crippen molar-refractivity contribution in [2.45, 2.75) is 12.8 Å². The van der Waals surface area contributed by atoms with Crippen molar-refractivity contribution in [3.8, 4) is 0 Å². The predicted octanol–water partition coefficient (Wildman–Crippen LogP) is 0.490. The van der Waals surface area contributed by atoms with Crippen molar-refractivity contribution in [1.29, 1.82) is 0 Å². The third-order valence-corrected chi connectivity index (χ3v) is 2.56. The molecule has 1 rings (SSSR count). The Kier molecular flexibility index (Phi) is 3.51. The minimum atomic E-state index is -3.79. The van der Waals surface area contributed by atoms with Crippen molar-refractivity contribution < 1.29 is 18.3 Å². The van der Waals surface area contributed by atoms with Crippen molar-refractivity contribution in [3.63, 3.8) is 0 Å². The number of carboxylic acid groups (broad SMARTS) is 1. The second kappa shape index (κ2) is 4.50. The average Bonchev–Trinajstić information content (AvgIpc) is 2.15. The predicted molar refractivity (Wildman–Crippen MR) is 59.2 cm³/mol. The van der Waals surface area contributed by atoms with Gasteiger partial charge in [-0.05, 0) is 24.6 Å². The quantitative estimate of drug-likeness (QED) is 0.715. The smallest absolute Gasteiger partial charge is 0.310 e. The number of carboxylic acids is 1. The third kappa shape index (κ3) is 3.52. The molecule has 1 aromatic carbocycles. The minimum Gasteiger partial charge on any atom is -0.481 e. The molecule has 0 saturated carbocycles. The normalized spacial score (nSPS) is 13.1. The van der Waals surface area contributed by atoms with Crippen LogP contribution in [-0.2, 0) is 15.0 Å². The molecule has 4 N–H and O–H groups in total. The van der Waals surface area contributed by atoms with Crippen molar-refractivity contribution >= 4 is 21.9 Å². The minimum absolute atomic E-state index is 0.295. The molecule has 16 heavy (non-hydrogen) atoms. The van der Waals surface area contributed by atoms with Gasteiger partial charge in [0.25, 0.3) is 10.2 Å². The van der Waals surface area contributed by atoms with E-state index in [-0.39, 0.29) is 0 Å². The molecule has 0 amide bonds. The zero-order chi connectivity index (χ0) is 12.3. The van der Waals surface area contributed by atoms with E-state index in [0.29, 0.717) is 11.3 Å². The van der Waals surface area contributed by atoms with E-state index in [1.165, 1.54) is 24.3 Å². The molecule has 0 heterocycles. The molecule has 0 saturated heterocycles. The first-order valence-electron chi connectivity index (χ1n) is 4.43. The van der Waals surface area contributed by atoms with Crippen molar-refractivity contribution in [2.24, 2.45) is 5.14 Å². The number of carbonyl (C=O) groups is 1. The zero-order valence-corrected chi connectivity index (χ0v) is 9.36. The van der Waals surface area contributed by atoms with Gasteiger partial charge in [-0.15, -0.1) is 0 Å². The Morgan fingerprint density at radius 1 is 1.38 bits per heavy atom. The second-order valence-electron chi connectivity index (χ2n) is 3.33. The first-order valence-corrected chi connectivity index (χ1v) is 5.97. The van der Waals surface area contributed by atoms with E-state index in [0.717, 1.165) is 0 Å². The SMILES string of the molecule is C[C@H](C(=O)O)c1ccc(NS(N)(=O)=O)cc1. The number of hydrogen-bond donors (Lipinski definition) is 3. The Labute approximate surface area is 93.3 Å². The van der Waals surface area contributed by atoms with Crippen molar-refractivity contribution in [1.82, 2.24) is 0 Å². The summed E-state index contributed by atoms with van der Waals surface area (Å²) in [7, 11) is -3.79. The van der Waals surface area contributed by atoms with Crippen molar-refractivity contribution in [2.75, 3.05) is 4.72 Å². The van der Waals surface area contributed by atoms with E-state index in [1.54, 1.807) is 6.92 Å². The number of nitrogens with one attached hydrogen (secondary N) is 1. The summed E-state index contributed by atoms with van der Waals surface area (Å²) in [5, 5.41) is 13.5. The van der Waals surface area contributed by atoms with E-state index in [9.17, 15) is 13.2 Å². The Morgan fingerprint density at radius 2 is 1.88 bits per heavy atom. The lowest BCUT2D eigenvalue weighted by molar-refractivity contribution is -0.138. The summed E-state index contributed by atoms with van der Waals surface area (Å²) >= 11 is 0. The van der Waals surface area contributed by atoms with Crippen LogP contribution in [0, 0.1) is 0 Å². The topological polar surface area (TPSA) is 109 Å². The summed E-state index contributed by atoms with van der Waals surface area (Å²) < 4.78 is 23.5. The highest BCUT2D eigenvalue weighted by Crippen LogP contribution is 2.18. The second-order valence-corrected chi connectivity index (χ2v) is 4.62. The van der Waals surface area contributed by atoms with Gasteiger partial charge < -0.3 is 5.11 Å². The van der Waals surface area contributed by atoms with Gasteiger partial charge in [0.1, 0.15) is 0 Å². The van der Waals surface area contributed by atoms with Crippen LogP contribution >= 0.6 is 0 Å². The molecule has 0 aliphatic heterocycles. The van der Waals surface area contributed by atoms with Gasteiger partial charge >= 0.3 is 5.97 Å². The van der Waals surface area contributed by atoms with Crippen LogP contribution in [0.15, 0.2) is 24.3 Å². The molecule has 7 heteroatoms. The van der Waals surface area contributed by atoms with Crippen LogP contribution in [0.1, 0.15) is 18.4 Å². The monoisotopic (exact) mass is 244 g/mol.